The van der Waals surface area contributed by atoms with Gasteiger partial charge in [-0.3, -0.25) is 0 Å². The van der Waals surface area contributed by atoms with Crippen LogP contribution in [0.3, 0.4) is 0 Å². The fraction of sp³-hybridized carbons (Fsp3) is 0.727. The average molecular weight is 210 g/mol. The molecule has 0 radical (unpaired) electrons. The maximum absolute atomic E-state index is 11.3. The summed E-state index contributed by atoms with van der Waals surface area (Å²) < 4.78 is 5.15. The van der Waals surface area contributed by atoms with Gasteiger partial charge in [0.2, 0.25) is 0 Å². The molecule has 2 amide bonds. The molecule has 4 heteroatoms. The van der Waals surface area contributed by atoms with Crippen molar-refractivity contribution in [3.63, 3.8) is 0 Å². The van der Waals surface area contributed by atoms with Crippen LogP contribution in [0.5, 0.6) is 0 Å². The molecule has 1 aliphatic rings. The molecular weight excluding hydrogens is 192 g/mol. The molecule has 0 aromatic carbocycles. The van der Waals surface area contributed by atoms with Crippen molar-refractivity contribution >= 4 is 6.03 Å². The summed E-state index contributed by atoms with van der Waals surface area (Å²) in [5.74, 6) is 2.57. The lowest BCUT2D eigenvalue weighted by Gasteiger charge is -2.11. The van der Waals surface area contributed by atoms with Gasteiger partial charge in [0.1, 0.15) is 0 Å². The number of nitrogens with one attached hydrogen (secondary N) is 2. The van der Waals surface area contributed by atoms with Gasteiger partial charge in [-0.1, -0.05) is 0 Å². The highest BCUT2D eigenvalue weighted by molar-refractivity contribution is 5.74. The molecule has 1 atom stereocenters. The van der Waals surface area contributed by atoms with Gasteiger partial charge in [-0.05, 0) is 19.3 Å². The molecule has 1 rings (SSSR count). The molecule has 4 nitrogen and oxygen atoms in total. The standard InChI is InChI=1S/C11H18N2O2/c1-2-3-4-5-7-12-11(14)13-10-6-8-15-9-10/h1,10H,3-9H2,(H2,12,13,14). The average Bonchev–Trinajstić information content (AvgIpc) is 2.70. The Bertz CT molecular complexity index is 229. The molecule has 1 saturated heterocycles. The van der Waals surface area contributed by atoms with Crippen molar-refractivity contribution < 1.29 is 9.53 Å². The minimum Gasteiger partial charge on any atom is -0.379 e. The first-order chi connectivity index (χ1) is 7.33. The molecule has 1 heterocycles. The van der Waals surface area contributed by atoms with Crippen molar-refractivity contribution in [3.8, 4) is 12.3 Å². The molecular formula is C11H18N2O2. The van der Waals surface area contributed by atoms with E-state index in [-0.39, 0.29) is 12.1 Å². The van der Waals surface area contributed by atoms with E-state index in [2.05, 4.69) is 16.6 Å². The number of amides is 2. The van der Waals surface area contributed by atoms with E-state index in [0.717, 1.165) is 32.3 Å². The maximum Gasteiger partial charge on any atom is 0.315 e. The maximum atomic E-state index is 11.3. The van der Waals surface area contributed by atoms with Crippen molar-refractivity contribution in [2.24, 2.45) is 0 Å². The molecule has 0 aromatic heterocycles. The van der Waals surface area contributed by atoms with Gasteiger partial charge in [0.15, 0.2) is 0 Å². The van der Waals surface area contributed by atoms with E-state index in [4.69, 9.17) is 11.2 Å². The number of hydrogen-bond acceptors (Lipinski definition) is 2. The van der Waals surface area contributed by atoms with Crippen molar-refractivity contribution in [3.05, 3.63) is 0 Å². The van der Waals surface area contributed by atoms with Gasteiger partial charge in [0.25, 0.3) is 0 Å². The Morgan fingerprint density at radius 3 is 3.07 bits per heavy atom. The van der Waals surface area contributed by atoms with E-state index in [1.54, 1.807) is 0 Å². The molecule has 1 unspecified atom stereocenters. The van der Waals surface area contributed by atoms with Crippen LogP contribution in [-0.4, -0.2) is 31.8 Å². The van der Waals surface area contributed by atoms with E-state index < -0.39 is 0 Å². The zero-order valence-electron chi connectivity index (χ0n) is 8.92. The first-order valence-corrected chi connectivity index (χ1v) is 5.38. The van der Waals surface area contributed by atoms with Crippen molar-refractivity contribution in [2.75, 3.05) is 19.8 Å². The number of carbonyl (C=O) groups excluding carboxylic acids is 1. The van der Waals surface area contributed by atoms with Gasteiger partial charge >= 0.3 is 6.03 Å². The highest BCUT2D eigenvalue weighted by atomic mass is 16.5. The minimum atomic E-state index is -0.105. The van der Waals surface area contributed by atoms with Gasteiger partial charge in [0, 0.05) is 19.6 Å². The number of ether oxygens (including phenoxy) is 1. The third-order valence-electron chi connectivity index (χ3n) is 2.30. The monoisotopic (exact) mass is 210 g/mol. The second kappa shape index (κ2) is 7.13. The highest BCUT2D eigenvalue weighted by Crippen LogP contribution is 2.02. The van der Waals surface area contributed by atoms with Gasteiger partial charge in [-0.2, -0.15) is 0 Å². The summed E-state index contributed by atoms with van der Waals surface area (Å²) in [4.78, 5) is 11.3. The smallest absolute Gasteiger partial charge is 0.315 e. The van der Waals surface area contributed by atoms with Gasteiger partial charge in [-0.25, -0.2) is 4.79 Å². The number of rotatable bonds is 5. The molecule has 0 saturated carbocycles. The highest BCUT2D eigenvalue weighted by Gasteiger charge is 2.16. The zero-order chi connectivity index (χ0) is 10.9. The number of terminal acetylenes is 1. The van der Waals surface area contributed by atoms with Gasteiger partial charge < -0.3 is 15.4 Å². The van der Waals surface area contributed by atoms with Crippen LogP contribution in [-0.2, 0) is 4.74 Å². The minimum absolute atomic E-state index is 0.105. The molecule has 1 aliphatic heterocycles. The summed E-state index contributed by atoms with van der Waals surface area (Å²) in [6.07, 6.45) is 8.69. The lowest BCUT2D eigenvalue weighted by atomic mass is 10.2. The second-order valence-electron chi connectivity index (χ2n) is 3.62. The van der Waals surface area contributed by atoms with Gasteiger partial charge in [-0.15, -0.1) is 12.3 Å². The van der Waals surface area contributed by atoms with Crippen molar-refractivity contribution in [2.45, 2.75) is 31.7 Å². The summed E-state index contributed by atoms with van der Waals surface area (Å²) >= 11 is 0. The normalized spacial score (nSPS) is 19.5. The molecule has 1 fully saturated rings. The van der Waals surface area contributed by atoms with Crippen LogP contribution in [0.25, 0.3) is 0 Å². The molecule has 0 bridgehead atoms. The van der Waals surface area contributed by atoms with Crippen molar-refractivity contribution in [1.82, 2.24) is 10.6 Å². The Kier molecular flexibility index (Phi) is 5.64. The predicted molar refractivity (Wildman–Crippen MR) is 58.4 cm³/mol. The van der Waals surface area contributed by atoms with Crippen LogP contribution in [0, 0.1) is 12.3 Å². The molecule has 0 aliphatic carbocycles. The van der Waals surface area contributed by atoms with Crippen LogP contribution >= 0.6 is 0 Å². The van der Waals surface area contributed by atoms with E-state index in [9.17, 15) is 4.79 Å². The van der Waals surface area contributed by atoms with Gasteiger partial charge in [0.05, 0.1) is 12.6 Å². The SMILES string of the molecule is C#CCCCCNC(=O)NC1CCOC1. The first kappa shape index (κ1) is 11.9. The summed E-state index contributed by atoms with van der Waals surface area (Å²) in [6.45, 7) is 2.05. The number of hydrogen-bond donors (Lipinski definition) is 2. The van der Waals surface area contributed by atoms with Crippen molar-refractivity contribution in [1.29, 1.82) is 0 Å². The Morgan fingerprint density at radius 2 is 2.40 bits per heavy atom. The zero-order valence-corrected chi connectivity index (χ0v) is 8.92. The Labute approximate surface area is 90.8 Å². The number of urea groups is 1. The molecule has 15 heavy (non-hydrogen) atoms. The molecule has 84 valence electrons. The summed E-state index contributed by atoms with van der Waals surface area (Å²) in [6, 6.07) is 0.0712. The fourth-order valence-electron chi connectivity index (χ4n) is 1.44. The first-order valence-electron chi connectivity index (χ1n) is 5.38. The lowest BCUT2D eigenvalue weighted by molar-refractivity contribution is 0.188. The molecule has 0 spiro atoms. The third-order valence-corrected chi connectivity index (χ3v) is 2.30. The third kappa shape index (κ3) is 5.28. The Hall–Kier alpha value is -1.21. The van der Waals surface area contributed by atoms with E-state index in [1.165, 1.54) is 0 Å². The van der Waals surface area contributed by atoms with Crippen LogP contribution < -0.4 is 10.6 Å². The fourth-order valence-corrected chi connectivity index (χ4v) is 1.44. The number of carbonyl (C=O) groups is 1. The quantitative estimate of drug-likeness (QED) is 0.523. The van der Waals surface area contributed by atoms with Crippen LogP contribution in [0.4, 0.5) is 4.79 Å². The van der Waals surface area contributed by atoms with Crippen LogP contribution in [0.2, 0.25) is 0 Å². The van der Waals surface area contributed by atoms with E-state index in [0.29, 0.717) is 13.2 Å². The summed E-state index contributed by atoms with van der Waals surface area (Å²) in [5, 5.41) is 5.65. The largest absolute Gasteiger partial charge is 0.379 e. The van der Waals surface area contributed by atoms with E-state index >= 15 is 0 Å². The Morgan fingerprint density at radius 1 is 1.53 bits per heavy atom. The van der Waals surface area contributed by atoms with E-state index in [1.807, 2.05) is 0 Å². The number of unbranched alkanes of at least 4 members (excludes halogenated alkanes) is 2. The Balaban J connectivity index is 1.96. The molecule has 0 aromatic rings. The topological polar surface area (TPSA) is 50.4 Å². The predicted octanol–water partition coefficient (Wildman–Crippen LogP) is 0.878. The van der Waals surface area contributed by atoms with Crippen LogP contribution in [0.1, 0.15) is 25.7 Å². The molecule has 2 N–H and O–H groups in total. The second-order valence-corrected chi connectivity index (χ2v) is 3.62. The summed E-state index contributed by atoms with van der Waals surface area (Å²) in [7, 11) is 0. The lowest BCUT2D eigenvalue weighted by Crippen LogP contribution is -2.42. The summed E-state index contributed by atoms with van der Waals surface area (Å²) in [5.41, 5.74) is 0. The van der Waals surface area contributed by atoms with Crippen LogP contribution in [0.15, 0.2) is 0 Å².